The number of hydrogen-bond donors (Lipinski definition) is 2. The second kappa shape index (κ2) is 9.75. The van der Waals surface area contributed by atoms with Gasteiger partial charge in [0.2, 0.25) is 0 Å². The first-order chi connectivity index (χ1) is 15.5. The smallest absolute Gasteiger partial charge is 0.338 e. The monoisotopic (exact) mass is 454 g/mol. The van der Waals surface area contributed by atoms with Gasteiger partial charge in [-0.05, 0) is 49.4 Å². The van der Waals surface area contributed by atoms with Crippen molar-refractivity contribution >= 4 is 29.0 Å². The molecule has 2 N–H and O–H groups in total. The standard InChI is InChI=1S/C24H30N4O3S/c1-4-31-23(29)21-18(25-24(30)26-22(21)20-6-5-13-32-20)15-27-9-11-28(12-10-27)19-14-16(2)7-8-17(19)3/h5-8,13-14,22H,4,9-12,15H2,1-3H3,(H2,25,26,30)/t22-/m1/s1. The quantitative estimate of drug-likeness (QED) is 0.655. The Bertz CT molecular complexity index is 1010. The molecule has 0 saturated carbocycles. The molecule has 2 aliphatic rings. The Kier molecular flexibility index (Phi) is 6.81. The van der Waals surface area contributed by atoms with Gasteiger partial charge in [-0.2, -0.15) is 0 Å². The number of carbonyl (C=O) groups excluding carboxylic acids is 2. The van der Waals surface area contributed by atoms with Crippen LogP contribution in [0, 0.1) is 13.8 Å². The van der Waals surface area contributed by atoms with E-state index in [-0.39, 0.29) is 18.6 Å². The molecule has 1 atom stereocenters. The Labute approximate surface area is 193 Å². The van der Waals surface area contributed by atoms with Crippen LogP contribution in [-0.2, 0) is 9.53 Å². The van der Waals surface area contributed by atoms with E-state index in [4.69, 9.17) is 4.74 Å². The van der Waals surface area contributed by atoms with Gasteiger partial charge in [0.1, 0.15) is 0 Å². The highest BCUT2D eigenvalue weighted by Gasteiger charge is 2.35. The fourth-order valence-electron chi connectivity index (χ4n) is 4.29. The summed E-state index contributed by atoms with van der Waals surface area (Å²) in [4.78, 5) is 30.9. The molecule has 2 aliphatic heterocycles. The lowest BCUT2D eigenvalue weighted by Gasteiger charge is -2.38. The van der Waals surface area contributed by atoms with E-state index in [2.05, 4.69) is 52.5 Å². The van der Waals surface area contributed by atoms with Crippen molar-refractivity contribution in [1.29, 1.82) is 0 Å². The Morgan fingerprint density at radius 3 is 2.66 bits per heavy atom. The molecule has 4 rings (SSSR count). The van der Waals surface area contributed by atoms with Crippen LogP contribution in [0.15, 0.2) is 47.0 Å². The van der Waals surface area contributed by atoms with Crippen LogP contribution in [-0.4, -0.2) is 56.2 Å². The fraction of sp³-hybridized carbons (Fsp3) is 0.417. The molecule has 1 aromatic carbocycles. The second-order valence-electron chi connectivity index (χ2n) is 8.21. The van der Waals surface area contributed by atoms with Gasteiger partial charge in [-0.1, -0.05) is 18.2 Å². The highest BCUT2D eigenvalue weighted by Crippen LogP contribution is 2.31. The zero-order valence-corrected chi connectivity index (χ0v) is 19.6. The van der Waals surface area contributed by atoms with Gasteiger partial charge in [0.15, 0.2) is 0 Å². The molecule has 32 heavy (non-hydrogen) atoms. The molecule has 2 amide bonds. The summed E-state index contributed by atoms with van der Waals surface area (Å²) in [6.45, 7) is 10.3. The van der Waals surface area contributed by atoms with Crippen LogP contribution < -0.4 is 15.5 Å². The van der Waals surface area contributed by atoms with Crippen molar-refractivity contribution in [1.82, 2.24) is 15.5 Å². The number of piperazine rings is 1. The Morgan fingerprint density at radius 1 is 1.19 bits per heavy atom. The summed E-state index contributed by atoms with van der Waals surface area (Å²) in [6.07, 6.45) is 0. The summed E-state index contributed by atoms with van der Waals surface area (Å²) < 4.78 is 5.35. The molecule has 170 valence electrons. The molecular weight excluding hydrogens is 424 g/mol. The molecule has 7 nitrogen and oxygen atoms in total. The van der Waals surface area contributed by atoms with Crippen LogP contribution in [0.25, 0.3) is 0 Å². The van der Waals surface area contributed by atoms with Crippen LogP contribution in [0.1, 0.15) is 29.0 Å². The number of hydrogen-bond acceptors (Lipinski definition) is 6. The number of anilines is 1. The average Bonchev–Trinajstić information content (AvgIpc) is 3.31. The maximum absolute atomic E-state index is 12.9. The van der Waals surface area contributed by atoms with Gasteiger partial charge < -0.3 is 20.3 Å². The SMILES string of the molecule is CCOC(=O)C1=C(CN2CCN(c3cc(C)ccc3C)CC2)NC(=O)N[C@@H]1c1cccs1. The topological polar surface area (TPSA) is 73.9 Å². The molecule has 1 fully saturated rings. The largest absolute Gasteiger partial charge is 0.463 e. The maximum atomic E-state index is 12.9. The molecule has 8 heteroatoms. The Hall–Kier alpha value is -2.84. The fourth-order valence-corrected chi connectivity index (χ4v) is 5.08. The second-order valence-corrected chi connectivity index (χ2v) is 9.19. The van der Waals surface area contributed by atoms with Crippen molar-refractivity contribution in [2.75, 3.05) is 44.2 Å². The molecule has 1 aromatic heterocycles. The highest BCUT2D eigenvalue weighted by atomic mass is 32.1. The molecule has 0 bridgehead atoms. The number of benzene rings is 1. The number of ether oxygens (including phenoxy) is 1. The minimum absolute atomic E-state index is 0.287. The van der Waals surface area contributed by atoms with Crippen LogP contribution in [0.4, 0.5) is 10.5 Å². The number of nitrogens with one attached hydrogen (secondary N) is 2. The van der Waals surface area contributed by atoms with Crippen molar-refractivity contribution in [2.45, 2.75) is 26.8 Å². The van der Waals surface area contributed by atoms with Crippen molar-refractivity contribution in [3.05, 3.63) is 63.0 Å². The van der Waals surface area contributed by atoms with Gasteiger partial charge in [-0.25, -0.2) is 9.59 Å². The highest BCUT2D eigenvalue weighted by molar-refractivity contribution is 7.10. The van der Waals surface area contributed by atoms with Gasteiger partial charge in [0, 0.05) is 49.0 Å². The maximum Gasteiger partial charge on any atom is 0.338 e. The molecule has 2 aromatic rings. The first-order valence-electron chi connectivity index (χ1n) is 11.0. The zero-order valence-electron chi connectivity index (χ0n) is 18.8. The van der Waals surface area contributed by atoms with E-state index in [1.54, 1.807) is 6.92 Å². The lowest BCUT2D eigenvalue weighted by Crippen LogP contribution is -2.51. The van der Waals surface area contributed by atoms with E-state index in [1.807, 2.05) is 17.5 Å². The van der Waals surface area contributed by atoms with Gasteiger partial charge in [-0.3, -0.25) is 4.90 Å². The number of esters is 1. The molecule has 0 radical (unpaired) electrons. The van der Waals surface area contributed by atoms with Crippen LogP contribution in [0.2, 0.25) is 0 Å². The summed E-state index contributed by atoms with van der Waals surface area (Å²) in [5.41, 5.74) is 4.94. The third-order valence-electron chi connectivity index (χ3n) is 5.94. The van der Waals surface area contributed by atoms with Crippen molar-refractivity contribution in [2.24, 2.45) is 0 Å². The van der Waals surface area contributed by atoms with Crippen LogP contribution >= 0.6 is 11.3 Å². The summed E-state index contributed by atoms with van der Waals surface area (Å²) >= 11 is 1.51. The normalized spacial score (nSPS) is 19.5. The minimum atomic E-state index is -0.492. The lowest BCUT2D eigenvalue weighted by atomic mass is 10.0. The van der Waals surface area contributed by atoms with E-state index < -0.39 is 6.04 Å². The number of carbonyl (C=O) groups is 2. The van der Waals surface area contributed by atoms with E-state index in [0.29, 0.717) is 17.8 Å². The predicted molar refractivity (Wildman–Crippen MR) is 127 cm³/mol. The molecular formula is C24H30N4O3S. The van der Waals surface area contributed by atoms with Gasteiger partial charge in [0.25, 0.3) is 0 Å². The van der Waals surface area contributed by atoms with E-state index in [0.717, 1.165) is 31.1 Å². The number of thiophene rings is 1. The van der Waals surface area contributed by atoms with E-state index >= 15 is 0 Å². The number of nitrogens with zero attached hydrogens (tertiary/aromatic N) is 2. The minimum Gasteiger partial charge on any atom is -0.463 e. The summed E-state index contributed by atoms with van der Waals surface area (Å²) in [6, 6.07) is 9.62. The molecule has 0 unspecified atom stereocenters. The summed E-state index contributed by atoms with van der Waals surface area (Å²) in [5, 5.41) is 7.72. The van der Waals surface area contributed by atoms with Crippen LogP contribution in [0.3, 0.4) is 0 Å². The third kappa shape index (κ3) is 4.81. The van der Waals surface area contributed by atoms with Crippen molar-refractivity contribution in [3.8, 4) is 0 Å². The number of aryl methyl sites for hydroxylation is 2. The summed E-state index contributed by atoms with van der Waals surface area (Å²) in [7, 11) is 0. The van der Waals surface area contributed by atoms with Gasteiger partial charge in [0.05, 0.1) is 18.2 Å². The van der Waals surface area contributed by atoms with Crippen molar-refractivity contribution in [3.63, 3.8) is 0 Å². The Morgan fingerprint density at radius 2 is 1.97 bits per heavy atom. The molecule has 3 heterocycles. The first kappa shape index (κ1) is 22.4. The summed E-state index contributed by atoms with van der Waals surface area (Å²) in [5.74, 6) is -0.387. The zero-order chi connectivity index (χ0) is 22.7. The van der Waals surface area contributed by atoms with E-state index in [9.17, 15) is 9.59 Å². The lowest BCUT2D eigenvalue weighted by molar-refractivity contribution is -0.139. The van der Waals surface area contributed by atoms with Gasteiger partial charge in [-0.15, -0.1) is 11.3 Å². The number of rotatable bonds is 6. The first-order valence-corrected chi connectivity index (χ1v) is 11.9. The number of urea groups is 1. The number of amides is 2. The third-order valence-corrected chi connectivity index (χ3v) is 6.87. The molecule has 0 spiro atoms. The van der Waals surface area contributed by atoms with Gasteiger partial charge >= 0.3 is 12.0 Å². The Balaban J connectivity index is 1.53. The van der Waals surface area contributed by atoms with E-state index in [1.165, 1.54) is 28.2 Å². The van der Waals surface area contributed by atoms with Crippen LogP contribution in [0.5, 0.6) is 0 Å². The molecule has 0 aliphatic carbocycles. The average molecular weight is 455 g/mol. The predicted octanol–water partition coefficient (Wildman–Crippen LogP) is 3.36. The van der Waals surface area contributed by atoms with Crippen molar-refractivity contribution < 1.29 is 14.3 Å². The molecule has 1 saturated heterocycles.